The van der Waals surface area contributed by atoms with Crippen molar-refractivity contribution in [3.63, 3.8) is 0 Å². The fraction of sp³-hybridized carbons (Fsp3) is 0.545. The SMILES string of the molecule is Cc1cc(C)c(Cn2ccnc2CN(C(=O)C2CCC2)C(C)C)c(C)c1. The van der Waals surface area contributed by atoms with E-state index in [9.17, 15) is 4.79 Å². The number of benzene rings is 1. The lowest BCUT2D eigenvalue weighted by Crippen LogP contribution is -2.43. The highest BCUT2D eigenvalue weighted by Gasteiger charge is 2.31. The Morgan fingerprint density at radius 3 is 2.42 bits per heavy atom. The van der Waals surface area contributed by atoms with Gasteiger partial charge in [-0.1, -0.05) is 24.1 Å². The van der Waals surface area contributed by atoms with Crippen LogP contribution in [0, 0.1) is 26.7 Å². The Bertz CT molecular complexity index is 763. The van der Waals surface area contributed by atoms with E-state index in [0.29, 0.717) is 12.5 Å². The second-order valence-corrected chi connectivity index (χ2v) is 8.04. The molecule has 1 aliphatic carbocycles. The highest BCUT2D eigenvalue weighted by atomic mass is 16.2. The Morgan fingerprint density at radius 1 is 1.23 bits per heavy atom. The van der Waals surface area contributed by atoms with Crippen LogP contribution in [0.25, 0.3) is 0 Å². The molecule has 1 aromatic heterocycles. The molecule has 1 fully saturated rings. The molecule has 1 heterocycles. The Kier molecular flexibility index (Phi) is 5.49. The first-order valence-corrected chi connectivity index (χ1v) is 9.74. The van der Waals surface area contributed by atoms with E-state index >= 15 is 0 Å². The number of aryl methyl sites for hydroxylation is 3. The second kappa shape index (κ2) is 7.65. The van der Waals surface area contributed by atoms with Gasteiger partial charge in [0.25, 0.3) is 0 Å². The van der Waals surface area contributed by atoms with E-state index in [1.54, 1.807) is 0 Å². The zero-order valence-electron chi connectivity index (χ0n) is 16.7. The van der Waals surface area contributed by atoms with E-state index in [-0.39, 0.29) is 12.0 Å². The first-order valence-electron chi connectivity index (χ1n) is 9.74. The molecule has 1 aliphatic rings. The van der Waals surface area contributed by atoms with Crippen LogP contribution < -0.4 is 0 Å². The van der Waals surface area contributed by atoms with Crippen molar-refractivity contribution in [3.05, 3.63) is 52.6 Å². The van der Waals surface area contributed by atoms with Crippen molar-refractivity contribution >= 4 is 5.91 Å². The lowest BCUT2D eigenvalue weighted by atomic mass is 9.84. The van der Waals surface area contributed by atoms with Crippen LogP contribution in [0.15, 0.2) is 24.5 Å². The van der Waals surface area contributed by atoms with E-state index in [2.05, 4.69) is 56.3 Å². The first-order chi connectivity index (χ1) is 12.4. The van der Waals surface area contributed by atoms with Crippen LogP contribution in [-0.4, -0.2) is 26.4 Å². The largest absolute Gasteiger partial charge is 0.333 e. The van der Waals surface area contributed by atoms with Gasteiger partial charge < -0.3 is 9.47 Å². The zero-order valence-corrected chi connectivity index (χ0v) is 16.7. The lowest BCUT2D eigenvalue weighted by molar-refractivity contribution is -0.140. The lowest BCUT2D eigenvalue weighted by Gasteiger charge is -2.34. The van der Waals surface area contributed by atoms with Crippen molar-refractivity contribution < 1.29 is 4.79 Å². The molecule has 1 amide bonds. The van der Waals surface area contributed by atoms with Gasteiger partial charge in [0, 0.05) is 30.9 Å². The molecule has 0 aliphatic heterocycles. The van der Waals surface area contributed by atoms with Gasteiger partial charge in [-0.05, 0) is 64.2 Å². The Morgan fingerprint density at radius 2 is 1.88 bits per heavy atom. The molecule has 0 N–H and O–H groups in total. The van der Waals surface area contributed by atoms with E-state index in [0.717, 1.165) is 25.2 Å². The quantitative estimate of drug-likeness (QED) is 0.772. The number of aromatic nitrogens is 2. The molecule has 1 aromatic carbocycles. The average Bonchev–Trinajstić information content (AvgIpc) is 2.93. The third kappa shape index (κ3) is 3.84. The summed E-state index contributed by atoms with van der Waals surface area (Å²) in [6.07, 6.45) is 7.14. The smallest absolute Gasteiger partial charge is 0.226 e. The molecule has 2 aromatic rings. The molecule has 26 heavy (non-hydrogen) atoms. The van der Waals surface area contributed by atoms with Gasteiger partial charge in [0.1, 0.15) is 5.82 Å². The summed E-state index contributed by atoms with van der Waals surface area (Å²) in [5.74, 6) is 1.48. The predicted octanol–water partition coefficient (Wildman–Crippen LogP) is 4.39. The van der Waals surface area contributed by atoms with E-state index in [4.69, 9.17) is 0 Å². The molecule has 3 rings (SSSR count). The topological polar surface area (TPSA) is 38.1 Å². The van der Waals surface area contributed by atoms with Crippen molar-refractivity contribution in [1.82, 2.24) is 14.5 Å². The molecule has 0 bridgehead atoms. The van der Waals surface area contributed by atoms with E-state index in [1.807, 2.05) is 17.3 Å². The predicted molar refractivity (Wildman–Crippen MR) is 105 cm³/mol. The third-order valence-electron chi connectivity index (χ3n) is 5.64. The van der Waals surface area contributed by atoms with Crippen LogP contribution in [-0.2, 0) is 17.9 Å². The molecule has 4 nitrogen and oxygen atoms in total. The summed E-state index contributed by atoms with van der Waals surface area (Å²) >= 11 is 0. The highest BCUT2D eigenvalue weighted by molar-refractivity contribution is 5.79. The Balaban J connectivity index is 1.80. The van der Waals surface area contributed by atoms with Gasteiger partial charge in [0.05, 0.1) is 6.54 Å². The van der Waals surface area contributed by atoms with Crippen LogP contribution in [0.2, 0.25) is 0 Å². The first kappa shape index (κ1) is 18.7. The van der Waals surface area contributed by atoms with Gasteiger partial charge in [-0.15, -0.1) is 0 Å². The van der Waals surface area contributed by atoms with Crippen molar-refractivity contribution in [3.8, 4) is 0 Å². The van der Waals surface area contributed by atoms with Crippen molar-refractivity contribution in [2.24, 2.45) is 5.92 Å². The molecule has 0 unspecified atom stereocenters. The summed E-state index contributed by atoms with van der Waals surface area (Å²) in [5, 5.41) is 0. The molecular weight excluding hydrogens is 322 g/mol. The number of rotatable bonds is 6. The Hall–Kier alpha value is -2.10. The Labute approximate surface area is 157 Å². The summed E-state index contributed by atoms with van der Waals surface area (Å²) in [6.45, 7) is 12.1. The number of imidazole rings is 1. The summed E-state index contributed by atoms with van der Waals surface area (Å²) in [5.41, 5.74) is 5.27. The number of carbonyl (C=O) groups excluding carboxylic acids is 1. The summed E-state index contributed by atoms with van der Waals surface area (Å²) in [6, 6.07) is 4.66. The summed E-state index contributed by atoms with van der Waals surface area (Å²) in [7, 11) is 0. The number of hydrogen-bond donors (Lipinski definition) is 0. The highest BCUT2D eigenvalue weighted by Crippen LogP contribution is 2.29. The minimum absolute atomic E-state index is 0.191. The maximum absolute atomic E-state index is 12.8. The van der Waals surface area contributed by atoms with E-state index < -0.39 is 0 Å². The third-order valence-corrected chi connectivity index (χ3v) is 5.64. The van der Waals surface area contributed by atoms with Crippen LogP contribution in [0.4, 0.5) is 0 Å². The molecule has 140 valence electrons. The molecule has 0 atom stereocenters. The standard InChI is InChI=1S/C22H31N3O/c1-15(2)25(22(26)19-7-6-8-19)14-21-23-9-10-24(21)13-20-17(4)11-16(3)12-18(20)5/h9-12,15,19H,6-8,13-14H2,1-5H3. The zero-order chi connectivity index (χ0) is 18.8. The van der Waals surface area contributed by atoms with Crippen molar-refractivity contribution in [1.29, 1.82) is 0 Å². The fourth-order valence-electron chi connectivity index (χ4n) is 3.82. The molecular formula is C22H31N3O. The molecule has 4 heteroatoms. The van der Waals surface area contributed by atoms with Crippen LogP contribution in [0.1, 0.15) is 61.2 Å². The maximum atomic E-state index is 12.8. The van der Waals surface area contributed by atoms with Crippen molar-refractivity contribution in [2.75, 3.05) is 0 Å². The van der Waals surface area contributed by atoms with Crippen molar-refractivity contribution in [2.45, 2.75) is 73.0 Å². The number of hydrogen-bond acceptors (Lipinski definition) is 2. The van der Waals surface area contributed by atoms with E-state index in [1.165, 1.54) is 28.7 Å². The fourth-order valence-corrected chi connectivity index (χ4v) is 3.82. The summed E-state index contributed by atoms with van der Waals surface area (Å²) in [4.78, 5) is 19.4. The maximum Gasteiger partial charge on any atom is 0.226 e. The number of nitrogens with zero attached hydrogens (tertiary/aromatic N) is 3. The molecule has 0 saturated heterocycles. The second-order valence-electron chi connectivity index (χ2n) is 8.04. The van der Waals surface area contributed by atoms with Gasteiger partial charge in [0.15, 0.2) is 0 Å². The molecule has 0 spiro atoms. The van der Waals surface area contributed by atoms with Gasteiger partial charge >= 0.3 is 0 Å². The van der Waals surface area contributed by atoms with Gasteiger partial charge in [-0.3, -0.25) is 4.79 Å². The summed E-state index contributed by atoms with van der Waals surface area (Å²) < 4.78 is 2.19. The minimum Gasteiger partial charge on any atom is -0.333 e. The minimum atomic E-state index is 0.191. The number of amides is 1. The average molecular weight is 354 g/mol. The van der Waals surface area contributed by atoms with Crippen LogP contribution in [0.5, 0.6) is 0 Å². The normalized spacial score (nSPS) is 14.5. The monoisotopic (exact) mass is 353 g/mol. The van der Waals surface area contributed by atoms with Crippen LogP contribution >= 0.6 is 0 Å². The van der Waals surface area contributed by atoms with Gasteiger partial charge in [-0.25, -0.2) is 4.98 Å². The number of carbonyl (C=O) groups is 1. The van der Waals surface area contributed by atoms with Crippen LogP contribution in [0.3, 0.4) is 0 Å². The van der Waals surface area contributed by atoms with Gasteiger partial charge in [-0.2, -0.15) is 0 Å². The molecule has 1 saturated carbocycles. The molecule has 0 radical (unpaired) electrons. The van der Waals surface area contributed by atoms with Gasteiger partial charge in [0.2, 0.25) is 5.91 Å².